The van der Waals surface area contributed by atoms with E-state index in [0.29, 0.717) is 5.56 Å². The average molecular weight is 479 g/mol. The van der Waals surface area contributed by atoms with Crippen LogP contribution in [-0.2, 0) is 9.53 Å². The molecule has 0 aromatic heterocycles. The van der Waals surface area contributed by atoms with Gasteiger partial charge < -0.3 is 29.9 Å². The van der Waals surface area contributed by atoms with Gasteiger partial charge in [0.2, 0.25) is 0 Å². The molecule has 182 valence electrons. The summed E-state index contributed by atoms with van der Waals surface area (Å²) in [4.78, 5) is 27.6. The number of benzene rings is 3. The molecule has 0 saturated carbocycles. The fourth-order valence-corrected chi connectivity index (χ4v) is 4.06. The molecule has 3 atom stereocenters. The van der Waals surface area contributed by atoms with Crippen molar-refractivity contribution in [2.45, 2.75) is 25.0 Å². The molecule has 1 heterocycles. The van der Waals surface area contributed by atoms with Gasteiger partial charge in [0.15, 0.2) is 17.3 Å². The second-order valence-electron chi connectivity index (χ2n) is 8.42. The van der Waals surface area contributed by atoms with Crippen molar-refractivity contribution in [1.29, 1.82) is 0 Å². The normalized spacial score (nSPS) is 18.0. The number of fused-ring (bicyclic) bond motifs is 1. The molecular formula is C26H25NO8. The Hall–Kier alpha value is -4.24. The van der Waals surface area contributed by atoms with Crippen molar-refractivity contribution in [1.82, 2.24) is 4.90 Å². The van der Waals surface area contributed by atoms with Gasteiger partial charge in [-0.15, -0.1) is 0 Å². The highest BCUT2D eigenvalue weighted by atomic mass is 16.5. The topological polar surface area (TPSA) is 137 Å². The first kappa shape index (κ1) is 23.9. The van der Waals surface area contributed by atoms with Gasteiger partial charge in [0, 0.05) is 12.1 Å². The molecule has 4 N–H and O–H groups in total. The SMILES string of the molecule is CC(C(=O)OCN(C)C1C(=O)c2c(O)cc(O)cc2OC1c1ccc(O)c(O)c1)c1ccccc1. The lowest BCUT2D eigenvalue weighted by Crippen LogP contribution is -2.48. The third kappa shape index (κ3) is 4.71. The van der Waals surface area contributed by atoms with E-state index in [9.17, 15) is 30.0 Å². The van der Waals surface area contributed by atoms with Crippen LogP contribution >= 0.6 is 0 Å². The Kier molecular flexibility index (Phi) is 6.52. The number of hydrogen-bond donors (Lipinski definition) is 4. The van der Waals surface area contributed by atoms with E-state index in [0.717, 1.165) is 11.6 Å². The summed E-state index contributed by atoms with van der Waals surface area (Å²) in [6.07, 6.45) is -1.02. The number of nitrogens with zero attached hydrogens (tertiary/aromatic N) is 1. The van der Waals surface area contributed by atoms with Crippen molar-refractivity contribution in [3.05, 3.63) is 77.4 Å². The monoisotopic (exact) mass is 479 g/mol. The minimum Gasteiger partial charge on any atom is -0.508 e. The van der Waals surface area contributed by atoms with Gasteiger partial charge in [-0.1, -0.05) is 36.4 Å². The number of rotatable bonds is 6. The predicted molar refractivity (Wildman–Crippen MR) is 125 cm³/mol. The van der Waals surface area contributed by atoms with Crippen LogP contribution in [0.3, 0.4) is 0 Å². The lowest BCUT2D eigenvalue weighted by Gasteiger charge is -2.37. The zero-order chi connectivity index (χ0) is 25.3. The van der Waals surface area contributed by atoms with Crippen molar-refractivity contribution in [2.75, 3.05) is 13.8 Å². The first-order valence-corrected chi connectivity index (χ1v) is 10.9. The molecule has 0 radical (unpaired) electrons. The first-order valence-electron chi connectivity index (χ1n) is 10.9. The summed E-state index contributed by atoms with van der Waals surface area (Å²) in [6.45, 7) is 1.46. The number of ketones is 1. The summed E-state index contributed by atoms with van der Waals surface area (Å²) in [5, 5.41) is 39.9. The third-order valence-corrected chi connectivity index (χ3v) is 5.99. The summed E-state index contributed by atoms with van der Waals surface area (Å²) in [5.74, 6) is -3.09. The van der Waals surface area contributed by atoms with Gasteiger partial charge in [-0.3, -0.25) is 14.5 Å². The molecule has 3 aromatic carbocycles. The van der Waals surface area contributed by atoms with E-state index in [1.807, 2.05) is 30.3 Å². The van der Waals surface area contributed by atoms with E-state index in [4.69, 9.17) is 9.47 Å². The minimum absolute atomic E-state index is 0.0376. The van der Waals surface area contributed by atoms with Gasteiger partial charge in [0.25, 0.3) is 0 Å². The molecule has 3 unspecified atom stereocenters. The molecule has 0 fully saturated rings. The molecule has 1 aliphatic rings. The maximum atomic E-state index is 13.5. The first-order chi connectivity index (χ1) is 16.7. The molecule has 3 aromatic rings. The molecule has 0 aliphatic carbocycles. The van der Waals surface area contributed by atoms with Crippen LogP contribution in [0.25, 0.3) is 0 Å². The molecule has 0 bridgehead atoms. The van der Waals surface area contributed by atoms with Gasteiger partial charge in [0.1, 0.15) is 41.7 Å². The lowest BCUT2D eigenvalue weighted by molar-refractivity contribution is -0.150. The second-order valence-corrected chi connectivity index (χ2v) is 8.42. The summed E-state index contributed by atoms with van der Waals surface area (Å²) in [5.41, 5.74) is 1.01. The molecule has 0 amide bonds. The number of Topliss-reactive ketones (excluding diaryl/α,β-unsaturated/α-hetero) is 1. The van der Waals surface area contributed by atoms with E-state index in [1.165, 1.54) is 29.2 Å². The Bertz CT molecular complexity index is 1260. The van der Waals surface area contributed by atoms with Crippen LogP contribution < -0.4 is 4.74 Å². The molecule has 0 spiro atoms. The average Bonchev–Trinajstić information content (AvgIpc) is 2.83. The quantitative estimate of drug-likeness (QED) is 0.238. The highest BCUT2D eigenvalue weighted by Crippen LogP contribution is 2.44. The Morgan fingerprint density at radius 3 is 2.40 bits per heavy atom. The predicted octanol–water partition coefficient (Wildman–Crippen LogP) is 3.43. The molecule has 9 heteroatoms. The minimum atomic E-state index is -1.07. The highest BCUT2D eigenvalue weighted by Gasteiger charge is 2.43. The van der Waals surface area contributed by atoms with E-state index in [1.54, 1.807) is 14.0 Å². The lowest BCUT2D eigenvalue weighted by atomic mass is 9.90. The van der Waals surface area contributed by atoms with E-state index >= 15 is 0 Å². The summed E-state index contributed by atoms with van der Waals surface area (Å²) < 4.78 is 11.5. The van der Waals surface area contributed by atoms with Gasteiger partial charge >= 0.3 is 5.97 Å². The third-order valence-electron chi connectivity index (χ3n) is 5.99. The summed E-state index contributed by atoms with van der Waals surface area (Å²) in [7, 11) is 1.56. The van der Waals surface area contributed by atoms with Gasteiger partial charge in [-0.25, -0.2) is 0 Å². The highest BCUT2D eigenvalue weighted by molar-refractivity contribution is 6.06. The number of likely N-dealkylation sites (N-methyl/N-ethyl adjacent to an activating group) is 1. The standard InChI is InChI=1S/C26H25NO8/c1-14(15-6-4-3-5-7-15)26(33)34-13-27(2)23-24(32)22-20(31)11-17(28)12-21(22)35-25(23)16-8-9-18(29)19(30)10-16/h3-12,14,23,25,28-31H,13H2,1-2H3. The van der Waals surface area contributed by atoms with Crippen LogP contribution in [0.1, 0.15) is 40.4 Å². The Labute approximate surface area is 201 Å². The van der Waals surface area contributed by atoms with E-state index < -0.39 is 41.3 Å². The zero-order valence-corrected chi connectivity index (χ0v) is 19.1. The number of esters is 1. The van der Waals surface area contributed by atoms with Crippen LogP contribution in [0.5, 0.6) is 28.7 Å². The maximum absolute atomic E-state index is 13.5. The van der Waals surface area contributed by atoms with Gasteiger partial charge in [-0.05, 0) is 37.2 Å². The largest absolute Gasteiger partial charge is 0.508 e. The van der Waals surface area contributed by atoms with Crippen molar-refractivity contribution in [2.24, 2.45) is 0 Å². The maximum Gasteiger partial charge on any atom is 0.314 e. The number of carbonyl (C=O) groups excluding carboxylic acids is 2. The number of hydrogen-bond acceptors (Lipinski definition) is 9. The zero-order valence-electron chi connectivity index (χ0n) is 19.1. The number of phenols is 4. The number of ether oxygens (including phenoxy) is 2. The van der Waals surface area contributed by atoms with Crippen LogP contribution in [0.15, 0.2) is 60.7 Å². The molecule has 1 aliphatic heterocycles. The van der Waals surface area contributed by atoms with E-state index in [2.05, 4.69) is 0 Å². The molecular weight excluding hydrogens is 454 g/mol. The molecule has 0 saturated heterocycles. The smallest absolute Gasteiger partial charge is 0.314 e. The van der Waals surface area contributed by atoms with Crippen molar-refractivity contribution in [3.63, 3.8) is 0 Å². The fourth-order valence-electron chi connectivity index (χ4n) is 4.06. The Balaban J connectivity index is 1.63. The Morgan fingerprint density at radius 1 is 1.00 bits per heavy atom. The number of aromatic hydroxyl groups is 4. The summed E-state index contributed by atoms with van der Waals surface area (Å²) >= 11 is 0. The van der Waals surface area contributed by atoms with Crippen LogP contribution in [0, 0.1) is 0 Å². The van der Waals surface area contributed by atoms with Gasteiger partial charge in [-0.2, -0.15) is 0 Å². The molecule has 9 nitrogen and oxygen atoms in total. The molecule has 4 rings (SSSR count). The van der Waals surface area contributed by atoms with Crippen LogP contribution in [0.4, 0.5) is 0 Å². The van der Waals surface area contributed by atoms with Crippen molar-refractivity contribution < 1.29 is 39.5 Å². The van der Waals surface area contributed by atoms with Crippen molar-refractivity contribution in [3.8, 4) is 28.7 Å². The fraction of sp³-hybridized carbons (Fsp3) is 0.231. The number of carbonyl (C=O) groups is 2. The molecule has 35 heavy (non-hydrogen) atoms. The van der Waals surface area contributed by atoms with Gasteiger partial charge in [0.05, 0.1) is 5.92 Å². The Morgan fingerprint density at radius 2 is 1.71 bits per heavy atom. The second kappa shape index (κ2) is 9.55. The summed E-state index contributed by atoms with van der Waals surface area (Å²) in [6, 6.07) is 14.3. The van der Waals surface area contributed by atoms with Crippen LogP contribution in [0.2, 0.25) is 0 Å². The van der Waals surface area contributed by atoms with Crippen LogP contribution in [-0.4, -0.2) is 56.9 Å². The number of phenolic OH excluding ortho intramolecular Hbond substituents is 4. The van der Waals surface area contributed by atoms with E-state index in [-0.39, 0.29) is 29.5 Å². The van der Waals surface area contributed by atoms with Crippen molar-refractivity contribution >= 4 is 11.8 Å².